The van der Waals surface area contributed by atoms with Crippen LogP contribution in [-0.4, -0.2) is 28.6 Å². The highest BCUT2D eigenvalue weighted by atomic mass is 19.1. The van der Waals surface area contributed by atoms with Gasteiger partial charge in [0.15, 0.2) is 0 Å². The summed E-state index contributed by atoms with van der Waals surface area (Å²) >= 11 is 0. The number of hydrogen-bond donors (Lipinski definition) is 2. The first-order valence-corrected chi connectivity index (χ1v) is 8.25. The molecule has 2 amide bonds. The third-order valence-corrected chi connectivity index (χ3v) is 4.21. The highest BCUT2D eigenvalue weighted by molar-refractivity contribution is 5.75. The lowest BCUT2D eigenvalue weighted by Crippen LogP contribution is -2.43. The summed E-state index contributed by atoms with van der Waals surface area (Å²) in [6.45, 7) is 0.345. The maximum atomic E-state index is 13.2. The van der Waals surface area contributed by atoms with E-state index in [9.17, 15) is 18.7 Å². The van der Waals surface area contributed by atoms with Crippen molar-refractivity contribution in [2.24, 2.45) is 0 Å². The molecule has 0 aliphatic heterocycles. The molecule has 1 fully saturated rings. The Morgan fingerprint density at radius 3 is 2.52 bits per heavy atom. The Morgan fingerprint density at radius 1 is 1.16 bits per heavy atom. The zero-order valence-corrected chi connectivity index (χ0v) is 13.7. The Hall–Kier alpha value is -2.47. The summed E-state index contributed by atoms with van der Waals surface area (Å²) in [6.07, 6.45) is 0.897. The largest absolute Gasteiger partial charge is 0.387 e. The summed E-state index contributed by atoms with van der Waals surface area (Å²) in [5.74, 6) is -0.722. The van der Waals surface area contributed by atoms with Crippen LogP contribution in [0.15, 0.2) is 48.5 Å². The molecule has 0 saturated heterocycles. The number of carbonyl (C=O) groups excluding carboxylic acids is 1. The van der Waals surface area contributed by atoms with Crippen molar-refractivity contribution < 1.29 is 18.7 Å². The molecule has 2 aromatic carbocycles. The van der Waals surface area contributed by atoms with Gasteiger partial charge >= 0.3 is 6.03 Å². The van der Waals surface area contributed by atoms with Crippen LogP contribution in [0.25, 0.3) is 0 Å². The molecule has 6 heteroatoms. The van der Waals surface area contributed by atoms with Crippen LogP contribution in [-0.2, 0) is 6.54 Å². The van der Waals surface area contributed by atoms with Gasteiger partial charge in [-0.25, -0.2) is 13.6 Å². The summed E-state index contributed by atoms with van der Waals surface area (Å²) < 4.78 is 26.2. The van der Waals surface area contributed by atoms with E-state index in [1.165, 1.54) is 36.4 Å². The first kappa shape index (κ1) is 17.4. The number of hydrogen-bond acceptors (Lipinski definition) is 2. The van der Waals surface area contributed by atoms with E-state index in [0.29, 0.717) is 11.1 Å². The molecule has 1 unspecified atom stereocenters. The number of aliphatic hydroxyl groups excluding tert-OH is 1. The Balaban J connectivity index is 1.60. The first-order chi connectivity index (χ1) is 12.0. The van der Waals surface area contributed by atoms with E-state index >= 15 is 0 Å². The maximum absolute atomic E-state index is 13.2. The summed E-state index contributed by atoms with van der Waals surface area (Å²) in [5.41, 5.74) is 1.23. The molecule has 0 aromatic heterocycles. The fourth-order valence-electron chi connectivity index (χ4n) is 2.69. The fourth-order valence-corrected chi connectivity index (χ4v) is 2.69. The number of aliphatic hydroxyl groups is 1. The van der Waals surface area contributed by atoms with Crippen molar-refractivity contribution in [2.45, 2.75) is 31.5 Å². The Morgan fingerprint density at radius 2 is 1.88 bits per heavy atom. The van der Waals surface area contributed by atoms with E-state index in [0.717, 1.165) is 12.8 Å². The van der Waals surface area contributed by atoms with E-state index in [4.69, 9.17) is 0 Å². The quantitative estimate of drug-likeness (QED) is 0.843. The smallest absolute Gasteiger partial charge is 0.318 e. The van der Waals surface area contributed by atoms with Gasteiger partial charge in [0.1, 0.15) is 11.6 Å². The third kappa shape index (κ3) is 4.76. The monoisotopic (exact) mass is 346 g/mol. The average molecular weight is 346 g/mol. The summed E-state index contributed by atoms with van der Waals surface area (Å²) in [6, 6.07) is 11.4. The molecular weight excluding hydrogens is 326 g/mol. The van der Waals surface area contributed by atoms with Gasteiger partial charge in [-0.1, -0.05) is 24.3 Å². The number of halogens is 2. The van der Waals surface area contributed by atoms with Crippen LogP contribution < -0.4 is 5.32 Å². The molecule has 1 aliphatic rings. The molecule has 0 bridgehead atoms. The van der Waals surface area contributed by atoms with Crippen molar-refractivity contribution in [3.8, 4) is 0 Å². The topological polar surface area (TPSA) is 52.6 Å². The molecule has 0 heterocycles. The minimum Gasteiger partial charge on any atom is -0.387 e. The van der Waals surface area contributed by atoms with Crippen LogP contribution in [0, 0.1) is 11.6 Å². The minimum atomic E-state index is -0.888. The lowest BCUT2D eigenvalue weighted by molar-refractivity contribution is 0.117. The van der Waals surface area contributed by atoms with Gasteiger partial charge in [-0.2, -0.15) is 0 Å². The third-order valence-electron chi connectivity index (χ3n) is 4.21. The average Bonchev–Trinajstić information content (AvgIpc) is 3.43. The van der Waals surface area contributed by atoms with E-state index in [1.807, 2.05) is 0 Å². The number of nitrogens with zero attached hydrogens (tertiary/aromatic N) is 1. The zero-order valence-electron chi connectivity index (χ0n) is 13.7. The summed E-state index contributed by atoms with van der Waals surface area (Å²) in [7, 11) is 0. The number of benzene rings is 2. The number of urea groups is 1. The second kappa shape index (κ2) is 7.61. The van der Waals surface area contributed by atoms with Gasteiger partial charge in [0.25, 0.3) is 0 Å². The highest BCUT2D eigenvalue weighted by Gasteiger charge is 2.34. The number of nitrogens with one attached hydrogen (secondary N) is 1. The van der Waals surface area contributed by atoms with Crippen molar-refractivity contribution in [2.75, 3.05) is 6.54 Å². The molecule has 1 aliphatic carbocycles. The van der Waals surface area contributed by atoms with Gasteiger partial charge in [0.2, 0.25) is 0 Å². The maximum Gasteiger partial charge on any atom is 0.318 e. The molecule has 2 N–H and O–H groups in total. The van der Waals surface area contributed by atoms with Crippen molar-refractivity contribution >= 4 is 6.03 Å². The van der Waals surface area contributed by atoms with Crippen LogP contribution >= 0.6 is 0 Å². The lowest BCUT2D eigenvalue weighted by Gasteiger charge is -2.26. The molecular formula is C19H20F2N2O2. The number of amides is 2. The van der Waals surface area contributed by atoms with E-state index in [2.05, 4.69) is 5.32 Å². The first-order valence-electron chi connectivity index (χ1n) is 8.25. The summed E-state index contributed by atoms with van der Waals surface area (Å²) in [5, 5.41) is 13.1. The van der Waals surface area contributed by atoms with Crippen LogP contribution in [0.3, 0.4) is 0 Å². The van der Waals surface area contributed by atoms with Crippen molar-refractivity contribution in [1.82, 2.24) is 10.2 Å². The Labute approximate surface area is 145 Å². The molecule has 2 aromatic rings. The SMILES string of the molecule is O=C(NCc1cccc(F)c1)N(CC(O)c1ccc(F)cc1)C1CC1. The summed E-state index contributed by atoms with van der Waals surface area (Å²) in [4.78, 5) is 14.0. The number of rotatable bonds is 6. The number of carbonyl (C=O) groups is 1. The van der Waals surface area contributed by atoms with E-state index in [-0.39, 0.29) is 36.8 Å². The van der Waals surface area contributed by atoms with Crippen molar-refractivity contribution in [3.05, 3.63) is 71.3 Å². The Kier molecular flexibility index (Phi) is 5.28. The standard InChI is InChI=1S/C19H20F2N2O2/c20-15-6-4-14(5-7-15)18(24)12-23(17-8-9-17)19(25)22-11-13-2-1-3-16(21)10-13/h1-7,10,17-18,24H,8-9,11-12H2,(H,22,25). The zero-order chi connectivity index (χ0) is 17.8. The van der Waals surface area contributed by atoms with Crippen LogP contribution in [0.1, 0.15) is 30.1 Å². The molecule has 3 rings (SSSR count). The highest BCUT2D eigenvalue weighted by Crippen LogP contribution is 2.29. The van der Waals surface area contributed by atoms with E-state index < -0.39 is 6.10 Å². The normalized spacial score (nSPS) is 14.8. The van der Waals surface area contributed by atoms with Crippen molar-refractivity contribution in [3.63, 3.8) is 0 Å². The van der Waals surface area contributed by atoms with E-state index in [1.54, 1.807) is 17.0 Å². The molecule has 1 saturated carbocycles. The van der Waals surface area contributed by atoms with Crippen LogP contribution in [0.4, 0.5) is 13.6 Å². The van der Waals surface area contributed by atoms with Gasteiger partial charge < -0.3 is 15.3 Å². The van der Waals surface area contributed by atoms with Crippen LogP contribution in [0.2, 0.25) is 0 Å². The second-order valence-electron chi connectivity index (χ2n) is 6.24. The molecule has 4 nitrogen and oxygen atoms in total. The van der Waals surface area contributed by atoms with Gasteiger partial charge in [0, 0.05) is 12.6 Å². The molecule has 132 valence electrons. The molecule has 1 atom stereocenters. The fraction of sp³-hybridized carbons (Fsp3) is 0.316. The lowest BCUT2D eigenvalue weighted by atomic mass is 10.1. The van der Waals surface area contributed by atoms with Crippen LogP contribution in [0.5, 0.6) is 0 Å². The molecule has 0 spiro atoms. The van der Waals surface area contributed by atoms with Gasteiger partial charge in [-0.05, 0) is 48.2 Å². The second-order valence-corrected chi connectivity index (χ2v) is 6.24. The predicted molar refractivity (Wildman–Crippen MR) is 89.7 cm³/mol. The van der Waals surface area contributed by atoms with Gasteiger partial charge in [0.05, 0.1) is 12.6 Å². The van der Waals surface area contributed by atoms with Crippen molar-refractivity contribution in [1.29, 1.82) is 0 Å². The van der Waals surface area contributed by atoms with Gasteiger partial charge in [-0.15, -0.1) is 0 Å². The molecule has 25 heavy (non-hydrogen) atoms. The predicted octanol–water partition coefficient (Wildman–Crippen LogP) is 3.37. The Bertz CT molecular complexity index is 732. The minimum absolute atomic E-state index is 0.0996. The van der Waals surface area contributed by atoms with Gasteiger partial charge in [-0.3, -0.25) is 0 Å². The molecule has 0 radical (unpaired) electrons.